The molecule has 3 saturated carbocycles. The quantitative estimate of drug-likeness (QED) is 0.590. The highest BCUT2D eigenvalue weighted by Gasteiger charge is 2.58. The summed E-state index contributed by atoms with van der Waals surface area (Å²) in [6.45, 7) is 10.1. The van der Waals surface area contributed by atoms with Gasteiger partial charge in [-0.3, -0.25) is 0 Å². The maximum Gasteiger partial charge on any atom is 0.0577 e. The second kappa shape index (κ2) is 6.39. The standard InChI is InChI=1S/C24H40O/c1-5-6-16(2)20-9-10-21-19-8-7-17-15-18(25)11-13-23(17,3)22(19)12-14-24(20,21)4/h7,16,18-22,25H,5-6,8-15H2,1-4H3/t16?,18-,19?,20+,21?,22?,23-,24+/m0/s1. The monoisotopic (exact) mass is 344 g/mol. The molecule has 142 valence electrons. The van der Waals surface area contributed by atoms with Crippen LogP contribution in [0.5, 0.6) is 0 Å². The van der Waals surface area contributed by atoms with E-state index in [0.29, 0.717) is 10.8 Å². The molecule has 1 N–H and O–H groups in total. The van der Waals surface area contributed by atoms with Gasteiger partial charge in [0.1, 0.15) is 0 Å². The molecular weight excluding hydrogens is 304 g/mol. The van der Waals surface area contributed by atoms with Crippen molar-refractivity contribution in [2.45, 2.75) is 98.0 Å². The SMILES string of the molecule is CCCC(C)[C@H]1CCC2C3CC=C4C[C@@H](O)CC[C@]4(C)C3CC[C@@]21C. The molecule has 0 bridgehead atoms. The molecule has 0 aliphatic heterocycles. The Labute approximate surface area is 155 Å². The molecule has 1 heteroatoms. The highest BCUT2D eigenvalue weighted by atomic mass is 16.3. The lowest BCUT2D eigenvalue weighted by molar-refractivity contribution is -0.0571. The van der Waals surface area contributed by atoms with Gasteiger partial charge in [0.05, 0.1) is 6.10 Å². The number of rotatable bonds is 3. The van der Waals surface area contributed by atoms with Gasteiger partial charge in [0.2, 0.25) is 0 Å². The van der Waals surface area contributed by atoms with Gasteiger partial charge in [-0.2, -0.15) is 0 Å². The first-order chi connectivity index (χ1) is 11.9. The van der Waals surface area contributed by atoms with Crippen molar-refractivity contribution >= 4 is 0 Å². The molecule has 8 atom stereocenters. The van der Waals surface area contributed by atoms with Crippen LogP contribution in [0.15, 0.2) is 11.6 Å². The van der Waals surface area contributed by atoms with Crippen LogP contribution in [-0.4, -0.2) is 11.2 Å². The van der Waals surface area contributed by atoms with E-state index in [1.165, 1.54) is 51.4 Å². The van der Waals surface area contributed by atoms with Gasteiger partial charge < -0.3 is 5.11 Å². The Bertz CT molecular complexity index is 536. The Balaban J connectivity index is 1.60. The Morgan fingerprint density at radius 3 is 2.68 bits per heavy atom. The molecule has 1 nitrogen and oxygen atoms in total. The largest absolute Gasteiger partial charge is 0.393 e. The molecule has 0 aromatic rings. The molecule has 0 amide bonds. The van der Waals surface area contributed by atoms with Crippen LogP contribution in [-0.2, 0) is 0 Å². The van der Waals surface area contributed by atoms with Crippen molar-refractivity contribution in [3.63, 3.8) is 0 Å². The first-order valence-electron chi connectivity index (χ1n) is 11.3. The van der Waals surface area contributed by atoms with E-state index in [9.17, 15) is 5.11 Å². The van der Waals surface area contributed by atoms with Crippen molar-refractivity contribution in [3.8, 4) is 0 Å². The van der Waals surface area contributed by atoms with Crippen LogP contribution < -0.4 is 0 Å². The number of hydrogen-bond donors (Lipinski definition) is 1. The molecule has 0 radical (unpaired) electrons. The summed E-state index contributed by atoms with van der Waals surface area (Å²) >= 11 is 0. The predicted octanol–water partition coefficient (Wildman–Crippen LogP) is 6.36. The summed E-state index contributed by atoms with van der Waals surface area (Å²) in [5.41, 5.74) is 2.62. The summed E-state index contributed by atoms with van der Waals surface area (Å²) in [5, 5.41) is 10.2. The van der Waals surface area contributed by atoms with Gasteiger partial charge in [-0.1, -0.05) is 52.2 Å². The van der Waals surface area contributed by atoms with Gasteiger partial charge >= 0.3 is 0 Å². The summed E-state index contributed by atoms with van der Waals surface area (Å²) in [4.78, 5) is 0. The van der Waals surface area contributed by atoms with E-state index in [2.05, 4.69) is 33.8 Å². The molecule has 0 heterocycles. The predicted molar refractivity (Wildman–Crippen MR) is 105 cm³/mol. The molecule has 0 aromatic heterocycles. The third-order valence-corrected chi connectivity index (χ3v) is 9.58. The molecule has 4 unspecified atom stereocenters. The van der Waals surface area contributed by atoms with Gasteiger partial charge in [-0.15, -0.1) is 0 Å². The fourth-order valence-electron chi connectivity index (χ4n) is 8.27. The highest BCUT2D eigenvalue weighted by molar-refractivity contribution is 5.25. The zero-order chi connectivity index (χ0) is 17.8. The minimum absolute atomic E-state index is 0.0736. The maximum absolute atomic E-state index is 10.2. The highest BCUT2D eigenvalue weighted by Crippen LogP contribution is 2.67. The summed E-state index contributed by atoms with van der Waals surface area (Å²) in [6, 6.07) is 0. The molecule has 3 fully saturated rings. The van der Waals surface area contributed by atoms with Gasteiger partial charge in [0, 0.05) is 0 Å². The normalized spacial score (nSPS) is 50.4. The van der Waals surface area contributed by atoms with Crippen molar-refractivity contribution in [2.24, 2.45) is 40.4 Å². The third kappa shape index (κ3) is 2.67. The van der Waals surface area contributed by atoms with Crippen LogP contribution in [0.3, 0.4) is 0 Å². The lowest BCUT2D eigenvalue weighted by Gasteiger charge is -2.58. The maximum atomic E-state index is 10.2. The summed E-state index contributed by atoms with van der Waals surface area (Å²) in [5.74, 6) is 4.63. The van der Waals surface area contributed by atoms with Crippen LogP contribution in [0.25, 0.3) is 0 Å². The zero-order valence-corrected chi connectivity index (χ0v) is 17.1. The van der Waals surface area contributed by atoms with Gasteiger partial charge in [-0.25, -0.2) is 0 Å². The number of fused-ring (bicyclic) bond motifs is 5. The number of hydrogen-bond acceptors (Lipinski definition) is 1. The average Bonchev–Trinajstić information content (AvgIpc) is 2.93. The minimum atomic E-state index is -0.0736. The zero-order valence-electron chi connectivity index (χ0n) is 17.1. The summed E-state index contributed by atoms with van der Waals surface area (Å²) in [6.07, 6.45) is 15.6. The third-order valence-electron chi connectivity index (χ3n) is 9.58. The summed E-state index contributed by atoms with van der Waals surface area (Å²) in [7, 11) is 0. The number of aliphatic hydroxyl groups is 1. The lowest BCUT2D eigenvalue weighted by Crippen LogP contribution is -2.50. The first-order valence-corrected chi connectivity index (χ1v) is 11.3. The number of aliphatic hydroxyl groups excluding tert-OH is 1. The molecular formula is C24H40O. The molecule has 4 aliphatic carbocycles. The van der Waals surface area contributed by atoms with Crippen LogP contribution in [0.2, 0.25) is 0 Å². The van der Waals surface area contributed by atoms with Crippen molar-refractivity contribution in [3.05, 3.63) is 11.6 Å². The molecule has 25 heavy (non-hydrogen) atoms. The molecule has 0 saturated heterocycles. The van der Waals surface area contributed by atoms with E-state index >= 15 is 0 Å². The van der Waals surface area contributed by atoms with E-state index in [1.54, 1.807) is 5.57 Å². The topological polar surface area (TPSA) is 20.2 Å². The number of allylic oxidation sites excluding steroid dienone is 1. The Morgan fingerprint density at radius 2 is 1.92 bits per heavy atom. The smallest absolute Gasteiger partial charge is 0.0577 e. The first kappa shape index (κ1) is 18.1. The van der Waals surface area contributed by atoms with E-state index in [1.807, 2.05) is 0 Å². The van der Waals surface area contributed by atoms with Crippen LogP contribution >= 0.6 is 0 Å². The lowest BCUT2D eigenvalue weighted by atomic mass is 9.47. The minimum Gasteiger partial charge on any atom is -0.393 e. The fraction of sp³-hybridized carbons (Fsp3) is 0.917. The average molecular weight is 345 g/mol. The van der Waals surface area contributed by atoms with Crippen molar-refractivity contribution in [1.82, 2.24) is 0 Å². The molecule has 0 spiro atoms. The van der Waals surface area contributed by atoms with E-state index in [0.717, 1.165) is 42.4 Å². The van der Waals surface area contributed by atoms with Gasteiger partial charge in [-0.05, 0) is 91.8 Å². The Hall–Kier alpha value is -0.300. The van der Waals surface area contributed by atoms with Gasteiger partial charge in [0.25, 0.3) is 0 Å². The van der Waals surface area contributed by atoms with Crippen molar-refractivity contribution in [2.75, 3.05) is 0 Å². The second-order valence-electron chi connectivity index (χ2n) is 10.7. The van der Waals surface area contributed by atoms with E-state index in [4.69, 9.17) is 0 Å². The van der Waals surface area contributed by atoms with Crippen molar-refractivity contribution < 1.29 is 5.11 Å². The Kier molecular flexibility index (Phi) is 4.63. The van der Waals surface area contributed by atoms with Crippen LogP contribution in [0, 0.1) is 40.4 Å². The second-order valence-corrected chi connectivity index (χ2v) is 10.7. The van der Waals surface area contributed by atoms with Gasteiger partial charge in [0.15, 0.2) is 0 Å². The molecule has 0 aromatic carbocycles. The van der Waals surface area contributed by atoms with Crippen LogP contribution in [0.4, 0.5) is 0 Å². The van der Waals surface area contributed by atoms with E-state index < -0.39 is 0 Å². The molecule has 4 aliphatic rings. The van der Waals surface area contributed by atoms with E-state index in [-0.39, 0.29) is 6.10 Å². The van der Waals surface area contributed by atoms with Crippen LogP contribution in [0.1, 0.15) is 91.9 Å². The fourth-order valence-corrected chi connectivity index (χ4v) is 8.27. The Morgan fingerprint density at radius 1 is 1.12 bits per heavy atom. The van der Waals surface area contributed by atoms with Crippen molar-refractivity contribution in [1.29, 1.82) is 0 Å². The summed E-state index contributed by atoms with van der Waals surface area (Å²) < 4.78 is 0. The molecule has 4 rings (SSSR count).